The third-order valence-electron chi connectivity index (χ3n) is 8.48. The predicted octanol–water partition coefficient (Wildman–Crippen LogP) is 5.37. The van der Waals surface area contributed by atoms with Crippen LogP contribution in [0.3, 0.4) is 0 Å². The molecule has 0 heterocycles. The summed E-state index contributed by atoms with van der Waals surface area (Å²) in [7, 11) is -2.88. The van der Waals surface area contributed by atoms with E-state index in [0.717, 1.165) is 27.2 Å². The number of carbonyl (C=O) groups excluding carboxylic acids is 2. The number of amides is 1. The van der Waals surface area contributed by atoms with Crippen molar-refractivity contribution in [1.29, 1.82) is 5.41 Å². The van der Waals surface area contributed by atoms with Crippen molar-refractivity contribution in [3.8, 4) is 0 Å². The summed E-state index contributed by atoms with van der Waals surface area (Å²) in [6, 6.07) is 31.1. The molecule has 4 aromatic carbocycles. The highest BCUT2D eigenvalue weighted by Gasteiger charge is 2.33. The lowest BCUT2D eigenvalue weighted by atomic mass is 9.83. The maximum Gasteiger partial charge on any atom is 0.407 e. The molecular formula is C38H43N5O6S. The van der Waals surface area contributed by atoms with E-state index in [4.69, 9.17) is 20.9 Å². The zero-order chi connectivity index (χ0) is 36.1. The van der Waals surface area contributed by atoms with Crippen LogP contribution >= 0.6 is 0 Å². The number of aldehydes is 1. The molecule has 0 spiro atoms. The Balaban J connectivity index is 1.70. The highest BCUT2D eigenvalue weighted by molar-refractivity contribution is 7.89. The van der Waals surface area contributed by atoms with E-state index in [-0.39, 0.29) is 23.8 Å². The van der Waals surface area contributed by atoms with Gasteiger partial charge in [0.25, 0.3) is 0 Å². The number of aliphatic hydroxyl groups is 1. The van der Waals surface area contributed by atoms with E-state index in [9.17, 15) is 23.1 Å². The summed E-state index contributed by atoms with van der Waals surface area (Å²) in [4.78, 5) is 29.4. The topological polar surface area (TPSA) is 175 Å². The second kappa shape index (κ2) is 18.0. The summed E-state index contributed by atoms with van der Waals surface area (Å²) in [6.07, 6.45) is 1.28. The smallest absolute Gasteiger partial charge is 0.407 e. The molecule has 0 aliphatic carbocycles. The molecule has 5 N–H and O–H groups in total. The highest BCUT2D eigenvalue weighted by atomic mass is 32.2. The van der Waals surface area contributed by atoms with Crippen molar-refractivity contribution >= 4 is 45.7 Å². The molecule has 3 atom stereocenters. The van der Waals surface area contributed by atoms with E-state index in [1.807, 2.05) is 91.9 Å². The first kappa shape index (κ1) is 37.6. The first-order valence-electron chi connectivity index (χ1n) is 16.1. The Bertz CT molecular complexity index is 1810. The predicted molar refractivity (Wildman–Crippen MR) is 196 cm³/mol. The molecule has 12 heteroatoms. The maximum atomic E-state index is 13.8. The number of rotatable bonds is 17. The van der Waals surface area contributed by atoms with Gasteiger partial charge in [-0.2, -0.15) is 4.31 Å². The van der Waals surface area contributed by atoms with E-state index < -0.39 is 40.7 Å². The summed E-state index contributed by atoms with van der Waals surface area (Å²) in [6.45, 7) is 0.999. The standard InChI is InChI=1S/C38H43N5O6S/c1-27(37(42-38(46)49-2)36(30-12-5-3-6-13-30)31-14-7-4-8-15-31)41-35-16-10-9-11-29(35)17-20-33(26-45)43(24-28(23-39)25-44)50(47,48)34-21-18-32(40)19-22-34/h3-16,18-19,21-23,25,28,33,36-37,39,45H,17,20,24,26,40H2,1-2H3,(H,42,46). The number of carbonyl (C=O) groups is 2. The number of aryl methyl sites for hydroxylation is 1. The summed E-state index contributed by atoms with van der Waals surface area (Å²) in [5.41, 5.74) is 10.1. The van der Waals surface area contributed by atoms with Crippen molar-refractivity contribution in [3.05, 3.63) is 126 Å². The normalized spacial score (nSPS) is 13.7. The van der Waals surface area contributed by atoms with Gasteiger partial charge in [0, 0.05) is 36.1 Å². The summed E-state index contributed by atoms with van der Waals surface area (Å²) < 4.78 is 33.8. The second-order valence-electron chi connectivity index (χ2n) is 11.8. The average molecular weight is 698 g/mol. The lowest BCUT2D eigenvalue weighted by Crippen LogP contribution is -2.45. The minimum Gasteiger partial charge on any atom is -0.453 e. The van der Waals surface area contributed by atoms with Crippen LogP contribution in [-0.4, -0.2) is 74.5 Å². The average Bonchev–Trinajstić information content (AvgIpc) is 3.14. The number of nitrogens with one attached hydrogen (secondary N) is 2. The fraction of sp³-hybridized carbons (Fsp3) is 0.263. The third kappa shape index (κ3) is 9.50. The zero-order valence-electron chi connectivity index (χ0n) is 28.1. The molecule has 50 heavy (non-hydrogen) atoms. The van der Waals surface area contributed by atoms with Crippen molar-refractivity contribution in [1.82, 2.24) is 9.62 Å². The monoisotopic (exact) mass is 697 g/mol. The molecule has 3 unspecified atom stereocenters. The lowest BCUT2D eigenvalue weighted by molar-refractivity contribution is -0.109. The lowest BCUT2D eigenvalue weighted by Gasteiger charge is -2.31. The SMILES string of the molecule is COC(=O)NC(C(C)=Nc1ccccc1CCC(CO)N(CC(C=N)C=O)S(=O)(=O)c1ccc(N)cc1)C(c1ccccc1)c1ccccc1. The maximum absolute atomic E-state index is 13.8. The fourth-order valence-corrected chi connectivity index (χ4v) is 7.50. The van der Waals surface area contributed by atoms with Crippen LogP contribution in [0.1, 0.15) is 36.0 Å². The Kier molecular flexibility index (Phi) is 13.6. The van der Waals surface area contributed by atoms with Crippen LogP contribution in [0.15, 0.2) is 119 Å². The van der Waals surface area contributed by atoms with Crippen LogP contribution in [0.2, 0.25) is 0 Å². The van der Waals surface area contributed by atoms with Gasteiger partial charge in [-0.15, -0.1) is 0 Å². The van der Waals surface area contributed by atoms with Gasteiger partial charge < -0.3 is 31.1 Å². The quantitative estimate of drug-likeness (QED) is 0.0652. The minimum atomic E-state index is -4.19. The van der Waals surface area contributed by atoms with Crippen molar-refractivity contribution in [2.24, 2.45) is 10.9 Å². The Labute approximate surface area is 293 Å². The Morgan fingerprint density at radius 2 is 1.54 bits per heavy atom. The Morgan fingerprint density at radius 1 is 0.960 bits per heavy atom. The number of hydrogen-bond acceptors (Lipinski definition) is 9. The van der Waals surface area contributed by atoms with Crippen molar-refractivity contribution in [3.63, 3.8) is 0 Å². The second-order valence-corrected chi connectivity index (χ2v) is 13.7. The first-order chi connectivity index (χ1) is 24.1. The molecule has 0 fully saturated rings. The number of alkyl carbamates (subject to hydrolysis) is 1. The Morgan fingerprint density at radius 3 is 2.08 bits per heavy atom. The van der Waals surface area contributed by atoms with Crippen molar-refractivity contribution in [2.45, 2.75) is 42.7 Å². The van der Waals surface area contributed by atoms with Crippen LogP contribution in [0.25, 0.3) is 0 Å². The van der Waals surface area contributed by atoms with Crippen molar-refractivity contribution in [2.75, 3.05) is 26.0 Å². The van der Waals surface area contributed by atoms with E-state index >= 15 is 0 Å². The fourth-order valence-electron chi connectivity index (χ4n) is 5.81. The molecule has 0 bridgehead atoms. The number of benzene rings is 4. The van der Waals surface area contributed by atoms with Gasteiger partial charge in [-0.1, -0.05) is 78.9 Å². The molecule has 0 saturated heterocycles. The number of methoxy groups -OCH3 is 1. The molecule has 4 rings (SSSR count). The van der Waals surface area contributed by atoms with Crippen LogP contribution in [-0.2, 0) is 26.0 Å². The molecular weight excluding hydrogens is 655 g/mol. The van der Waals surface area contributed by atoms with Gasteiger partial charge in [-0.3, -0.25) is 4.99 Å². The number of anilines is 1. The first-order valence-corrected chi connectivity index (χ1v) is 17.6. The highest BCUT2D eigenvalue weighted by Crippen LogP contribution is 2.31. The van der Waals surface area contributed by atoms with Crippen LogP contribution in [0.5, 0.6) is 0 Å². The van der Waals surface area contributed by atoms with Crippen LogP contribution in [0.4, 0.5) is 16.2 Å². The largest absolute Gasteiger partial charge is 0.453 e. The Hall–Kier alpha value is -5.17. The molecule has 0 aliphatic heterocycles. The summed E-state index contributed by atoms with van der Waals surface area (Å²) in [5, 5.41) is 21.1. The third-order valence-corrected chi connectivity index (χ3v) is 10.4. The van der Waals surface area contributed by atoms with E-state index in [2.05, 4.69) is 5.32 Å². The van der Waals surface area contributed by atoms with Crippen LogP contribution in [0, 0.1) is 11.3 Å². The van der Waals surface area contributed by atoms with E-state index in [1.54, 1.807) is 0 Å². The molecule has 11 nitrogen and oxygen atoms in total. The molecule has 0 aromatic heterocycles. The molecule has 0 aliphatic rings. The molecule has 0 radical (unpaired) electrons. The molecule has 262 valence electrons. The molecule has 1 amide bonds. The number of ether oxygens (including phenoxy) is 1. The molecule has 0 saturated carbocycles. The van der Waals surface area contributed by atoms with Gasteiger partial charge in [0.2, 0.25) is 10.0 Å². The number of hydrogen-bond donors (Lipinski definition) is 4. The van der Waals surface area contributed by atoms with Gasteiger partial charge >= 0.3 is 6.09 Å². The van der Waals surface area contributed by atoms with Crippen molar-refractivity contribution < 1.29 is 27.9 Å². The molecule has 4 aromatic rings. The van der Waals surface area contributed by atoms with E-state index in [0.29, 0.717) is 29.8 Å². The van der Waals surface area contributed by atoms with Crippen LogP contribution < -0.4 is 11.1 Å². The number of nitrogens with two attached hydrogens (primary N) is 1. The minimum absolute atomic E-state index is 0.0454. The summed E-state index contributed by atoms with van der Waals surface area (Å²) >= 11 is 0. The van der Waals surface area contributed by atoms with Gasteiger partial charge in [-0.05, 0) is 66.8 Å². The number of aliphatic hydroxyl groups excluding tert-OH is 1. The number of para-hydroxylation sites is 1. The van der Waals surface area contributed by atoms with E-state index in [1.165, 1.54) is 31.4 Å². The van der Waals surface area contributed by atoms with Gasteiger partial charge in [-0.25, -0.2) is 13.2 Å². The number of nitrogens with zero attached hydrogens (tertiary/aromatic N) is 2. The number of nitrogen functional groups attached to an aromatic ring is 1. The summed E-state index contributed by atoms with van der Waals surface area (Å²) in [5.74, 6) is -1.31. The zero-order valence-corrected chi connectivity index (χ0v) is 28.9. The number of aliphatic imine (C=N–C) groups is 1. The van der Waals surface area contributed by atoms with Gasteiger partial charge in [0.15, 0.2) is 0 Å². The van der Waals surface area contributed by atoms with Gasteiger partial charge in [0.05, 0.1) is 36.3 Å². The van der Waals surface area contributed by atoms with Gasteiger partial charge in [0.1, 0.15) is 6.29 Å². The number of sulfonamides is 1.